The molecule has 0 rings (SSSR count). The van der Waals surface area contributed by atoms with Crippen LogP contribution in [0.4, 0.5) is 0 Å². The number of rotatable bonds is 53. The lowest BCUT2D eigenvalue weighted by atomic mass is 10.0. The van der Waals surface area contributed by atoms with Crippen molar-refractivity contribution in [3.05, 3.63) is 12.2 Å². The summed E-state index contributed by atoms with van der Waals surface area (Å²) in [6, 6.07) is 0. The van der Waals surface area contributed by atoms with Crippen LogP contribution in [-0.4, -0.2) is 37.2 Å². The first-order chi connectivity index (χ1) is 31.5. The molecule has 0 amide bonds. The molecule has 0 bridgehead atoms. The van der Waals surface area contributed by atoms with Crippen LogP contribution >= 0.6 is 0 Å². The maximum atomic E-state index is 12.8. The molecule has 0 saturated carbocycles. The second kappa shape index (κ2) is 53.8. The topological polar surface area (TPSA) is 78.9 Å². The molecule has 378 valence electrons. The average molecular weight is 904 g/mol. The number of carbonyl (C=O) groups is 3. The van der Waals surface area contributed by atoms with E-state index in [2.05, 4.69) is 32.9 Å². The van der Waals surface area contributed by atoms with E-state index in [4.69, 9.17) is 14.2 Å². The summed E-state index contributed by atoms with van der Waals surface area (Å²) < 4.78 is 16.9. The number of esters is 3. The van der Waals surface area contributed by atoms with Gasteiger partial charge in [-0.2, -0.15) is 0 Å². The lowest BCUT2D eigenvalue weighted by Crippen LogP contribution is -2.30. The Labute approximate surface area is 399 Å². The Morgan fingerprint density at radius 2 is 0.516 bits per heavy atom. The highest BCUT2D eigenvalue weighted by molar-refractivity contribution is 5.71. The summed E-state index contributed by atoms with van der Waals surface area (Å²) in [7, 11) is 0. The number of unbranched alkanes of at least 4 members (excludes halogenated alkanes) is 40. The molecule has 0 aliphatic heterocycles. The van der Waals surface area contributed by atoms with Crippen LogP contribution in [0.25, 0.3) is 0 Å². The van der Waals surface area contributed by atoms with Crippen molar-refractivity contribution in [3.8, 4) is 0 Å². The first kappa shape index (κ1) is 62.1. The van der Waals surface area contributed by atoms with E-state index < -0.39 is 6.10 Å². The maximum absolute atomic E-state index is 12.8. The second-order valence-electron chi connectivity index (χ2n) is 19.6. The smallest absolute Gasteiger partial charge is 0.306 e. The van der Waals surface area contributed by atoms with Crippen LogP contribution in [0.2, 0.25) is 0 Å². The van der Waals surface area contributed by atoms with Crippen molar-refractivity contribution in [2.75, 3.05) is 13.2 Å². The summed E-state index contributed by atoms with van der Waals surface area (Å²) >= 11 is 0. The Hall–Kier alpha value is -1.85. The van der Waals surface area contributed by atoms with Crippen molar-refractivity contribution >= 4 is 17.9 Å². The van der Waals surface area contributed by atoms with Crippen molar-refractivity contribution in [2.24, 2.45) is 0 Å². The van der Waals surface area contributed by atoms with Crippen LogP contribution in [-0.2, 0) is 28.6 Å². The number of hydrogen-bond acceptors (Lipinski definition) is 6. The molecule has 64 heavy (non-hydrogen) atoms. The summed E-state index contributed by atoms with van der Waals surface area (Å²) in [6.07, 6.45) is 60.6. The lowest BCUT2D eigenvalue weighted by Gasteiger charge is -2.18. The predicted molar refractivity (Wildman–Crippen MR) is 275 cm³/mol. The number of carbonyl (C=O) groups excluding carboxylic acids is 3. The van der Waals surface area contributed by atoms with E-state index in [0.29, 0.717) is 19.3 Å². The van der Waals surface area contributed by atoms with Gasteiger partial charge in [0.1, 0.15) is 13.2 Å². The van der Waals surface area contributed by atoms with E-state index in [-0.39, 0.29) is 31.1 Å². The molecule has 0 aromatic rings. The molecule has 6 nitrogen and oxygen atoms in total. The molecule has 0 heterocycles. The zero-order chi connectivity index (χ0) is 46.5. The third-order valence-electron chi connectivity index (χ3n) is 13.0. The molecule has 0 aliphatic rings. The van der Waals surface area contributed by atoms with Crippen LogP contribution in [0, 0.1) is 0 Å². The van der Waals surface area contributed by atoms with Gasteiger partial charge in [0.25, 0.3) is 0 Å². The fourth-order valence-electron chi connectivity index (χ4n) is 8.68. The van der Waals surface area contributed by atoms with Gasteiger partial charge in [-0.15, -0.1) is 0 Å². The standard InChI is InChI=1S/C58H110O6/c1-4-7-10-13-16-19-22-25-27-28-29-30-31-32-34-36-39-42-45-48-51-57(60)63-54-55(53-62-56(59)50-47-44-41-38-35-24-21-18-15-12-9-6-3)64-58(61)52-49-46-43-40-37-33-26-23-20-17-14-11-8-5-2/h18,21,55H,4-17,19-20,22-54H2,1-3H3/b21-18-. The Morgan fingerprint density at radius 1 is 0.297 bits per heavy atom. The summed E-state index contributed by atoms with van der Waals surface area (Å²) in [5.74, 6) is -0.853. The van der Waals surface area contributed by atoms with Gasteiger partial charge in [0.05, 0.1) is 0 Å². The first-order valence-corrected chi connectivity index (χ1v) is 28.7. The van der Waals surface area contributed by atoms with Crippen molar-refractivity contribution in [1.82, 2.24) is 0 Å². The molecule has 0 fully saturated rings. The Morgan fingerprint density at radius 3 is 0.812 bits per heavy atom. The minimum Gasteiger partial charge on any atom is -0.462 e. The fraction of sp³-hybridized carbons (Fsp3) is 0.914. The molecular formula is C58H110O6. The van der Waals surface area contributed by atoms with E-state index in [1.165, 1.54) is 218 Å². The molecule has 0 radical (unpaired) electrons. The zero-order valence-electron chi connectivity index (χ0n) is 43.3. The SMILES string of the molecule is CCCCC/C=C\CCCCCCCC(=O)OCC(COC(=O)CCCCCCCCCCCCCCCCCCCCCC)OC(=O)CCCCCCCCCCCCCCCC. The average Bonchev–Trinajstić information content (AvgIpc) is 3.29. The minimum absolute atomic E-state index is 0.0666. The summed E-state index contributed by atoms with van der Waals surface area (Å²) in [5, 5.41) is 0. The largest absolute Gasteiger partial charge is 0.462 e. The highest BCUT2D eigenvalue weighted by atomic mass is 16.6. The van der Waals surface area contributed by atoms with Gasteiger partial charge in [0.15, 0.2) is 6.10 Å². The number of hydrogen-bond donors (Lipinski definition) is 0. The van der Waals surface area contributed by atoms with E-state index >= 15 is 0 Å². The third-order valence-corrected chi connectivity index (χ3v) is 13.0. The molecule has 0 saturated heterocycles. The molecule has 1 atom stereocenters. The van der Waals surface area contributed by atoms with Gasteiger partial charge in [0.2, 0.25) is 0 Å². The van der Waals surface area contributed by atoms with E-state index in [1.54, 1.807) is 0 Å². The minimum atomic E-state index is -0.767. The Kier molecular flexibility index (Phi) is 52.2. The molecular weight excluding hydrogens is 793 g/mol. The Bertz CT molecular complexity index is 993. The Balaban J connectivity index is 4.25. The van der Waals surface area contributed by atoms with Crippen molar-refractivity contribution in [2.45, 2.75) is 329 Å². The lowest BCUT2D eigenvalue weighted by molar-refractivity contribution is -0.167. The van der Waals surface area contributed by atoms with Gasteiger partial charge < -0.3 is 14.2 Å². The summed E-state index contributed by atoms with van der Waals surface area (Å²) in [5.41, 5.74) is 0. The zero-order valence-corrected chi connectivity index (χ0v) is 43.3. The van der Waals surface area contributed by atoms with Crippen molar-refractivity contribution in [1.29, 1.82) is 0 Å². The highest BCUT2D eigenvalue weighted by Gasteiger charge is 2.19. The van der Waals surface area contributed by atoms with Crippen LogP contribution < -0.4 is 0 Å². The maximum Gasteiger partial charge on any atom is 0.306 e. The fourth-order valence-corrected chi connectivity index (χ4v) is 8.68. The molecule has 0 spiro atoms. The predicted octanol–water partition coefficient (Wildman–Crippen LogP) is 18.9. The van der Waals surface area contributed by atoms with Gasteiger partial charge >= 0.3 is 17.9 Å². The second-order valence-corrected chi connectivity index (χ2v) is 19.6. The van der Waals surface area contributed by atoms with E-state index in [9.17, 15) is 14.4 Å². The number of ether oxygens (including phenoxy) is 3. The monoisotopic (exact) mass is 903 g/mol. The highest BCUT2D eigenvalue weighted by Crippen LogP contribution is 2.17. The summed E-state index contributed by atoms with van der Waals surface area (Å²) in [4.78, 5) is 38.1. The normalized spacial score (nSPS) is 12.0. The van der Waals surface area contributed by atoms with Crippen LogP contribution in [0.15, 0.2) is 12.2 Å². The van der Waals surface area contributed by atoms with Gasteiger partial charge in [-0.1, -0.05) is 270 Å². The first-order valence-electron chi connectivity index (χ1n) is 28.7. The van der Waals surface area contributed by atoms with Crippen molar-refractivity contribution < 1.29 is 28.6 Å². The molecule has 0 aromatic carbocycles. The molecule has 0 aromatic heterocycles. The van der Waals surface area contributed by atoms with Crippen LogP contribution in [0.3, 0.4) is 0 Å². The molecule has 0 aliphatic carbocycles. The van der Waals surface area contributed by atoms with Gasteiger partial charge in [-0.3, -0.25) is 14.4 Å². The molecule has 6 heteroatoms. The van der Waals surface area contributed by atoms with Crippen LogP contribution in [0.1, 0.15) is 323 Å². The van der Waals surface area contributed by atoms with Crippen molar-refractivity contribution in [3.63, 3.8) is 0 Å². The summed E-state index contributed by atoms with van der Waals surface area (Å²) in [6.45, 7) is 6.66. The van der Waals surface area contributed by atoms with E-state index in [1.807, 2.05) is 0 Å². The quantitative estimate of drug-likeness (QED) is 0.0262. The van der Waals surface area contributed by atoms with Crippen LogP contribution in [0.5, 0.6) is 0 Å². The van der Waals surface area contributed by atoms with Gasteiger partial charge in [0, 0.05) is 19.3 Å². The molecule has 1 unspecified atom stereocenters. The van der Waals surface area contributed by atoms with E-state index in [0.717, 1.165) is 64.2 Å². The third kappa shape index (κ3) is 51.1. The van der Waals surface area contributed by atoms with Gasteiger partial charge in [-0.05, 0) is 44.9 Å². The number of allylic oxidation sites excluding steroid dienone is 2. The molecule has 0 N–H and O–H groups in total. The van der Waals surface area contributed by atoms with Gasteiger partial charge in [-0.25, -0.2) is 0 Å².